The average molecular weight is 557 g/mol. The van der Waals surface area contributed by atoms with Gasteiger partial charge in [0.25, 0.3) is 11.6 Å². The maximum atomic E-state index is 14.9. The molecule has 0 saturated heterocycles. The van der Waals surface area contributed by atoms with Crippen LogP contribution in [0.3, 0.4) is 0 Å². The number of carbonyl (C=O) groups excluding carboxylic acids is 4. The molecule has 1 aromatic carbocycles. The van der Waals surface area contributed by atoms with Crippen molar-refractivity contribution in [2.24, 2.45) is 11.5 Å². The Morgan fingerprint density at radius 2 is 1.76 bits per heavy atom. The van der Waals surface area contributed by atoms with E-state index in [2.05, 4.69) is 16.0 Å². The van der Waals surface area contributed by atoms with Crippen LogP contribution in [0.25, 0.3) is 0 Å². The highest BCUT2D eigenvalue weighted by molar-refractivity contribution is 7.99. The second-order valence-corrected chi connectivity index (χ2v) is 9.57. The molecule has 1 aliphatic heterocycles. The van der Waals surface area contributed by atoms with Gasteiger partial charge in [-0.05, 0) is 38.6 Å². The van der Waals surface area contributed by atoms with E-state index in [0.29, 0.717) is 25.5 Å². The van der Waals surface area contributed by atoms with Gasteiger partial charge in [0.2, 0.25) is 17.7 Å². The molecule has 16 heteroatoms. The van der Waals surface area contributed by atoms with Crippen molar-refractivity contribution in [1.29, 1.82) is 0 Å². The lowest BCUT2D eigenvalue weighted by Gasteiger charge is -2.25. The van der Waals surface area contributed by atoms with E-state index >= 15 is 0 Å². The van der Waals surface area contributed by atoms with E-state index < -0.39 is 82.6 Å². The molecule has 0 aliphatic carbocycles. The number of amides is 4. The standard InChI is InChI=1S/C22H29FN6O8S/c23-13-10-11(29(36)37)9-12-18(13)38-8-6-14(19(25)32)26-21(34)15(3-1-2-7-24)28-22(35)16(27-20(12)33)4-5-17(30)31/h9-10,14-16H,1-8,24H2,(H2,25,32)(H,26,34)(H,27,33)(H,28,35)(H,30,31)/t14-,15-,16-/m0/s1. The summed E-state index contributed by atoms with van der Waals surface area (Å²) >= 11 is 0.759. The maximum absolute atomic E-state index is 14.9. The number of hydrogen-bond acceptors (Lipinski definition) is 9. The Kier molecular flexibility index (Phi) is 11.4. The Morgan fingerprint density at radius 3 is 2.37 bits per heavy atom. The predicted octanol–water partition coefficient (Wildman–Crippen LogP) is -0.223. The van der Waals surface area contributed by atoms with E-state index in [1.807, 2.05) is 0 Å². The number of fused-ring (bicyclic) bond motifs is 1. The molecule has 1 heterocycles. The Labute approximate surface area is 220 Å². The Balaban J connectivity index is 2.54. The van der Waals surface area contributed by atoms with E-state index in [9.17, 15) is 38.5 Å². The van der Waals surface area contributed by atoms with Crippen LogP contribution >= 0.6 is 11.8 Å². The number of carboxylic acid groups (broad SMARTS) is 1. The van der Waals surface area contributed by atoms with Crippen molar-refractivity contribution < 1.29 is 38.4 Å². The maximum Gasteiger partial charge on any atom is 0.303 e. The molecule has 8 N–H and O–H groups in total. The van der Waals surface area contributed by atoms with E-state index in [-0.39, 0.29) is 23.5 Å². The number of nitrogens with zero attached hydrogens (tertiary/aromatic N) is 1. The number of carboxylic acids is 1. The first-order chi connectivity index (χ1) is 17.9. The summed E-state index contributed by atoms with van der Waals surface area (Å²) in [4.78, 5) is 72.4. The molecule has 0 aromatic heterocycles. The van der Waals surface area contributed by atoms with Crippen LogP contribution in [0.1, 0.15) is 48.9 Å². The molecular formula is C22H29FN6O8S. The van der Waals surface area contributed by atoms with Gasteiger partial charge in [0.05, 0.1) is 21.4 Å². The number of carbonyl (C=O) groups is 5. The summed E-state index contributed by atoms with van der Waals surface area (Å²) in [5.41, 5.74) is 9.75. The summed E-state index contributed by atoms with van der Waals surface area (Å²) in [5, 5.41) is 27.6. The molecular weight excluding hydrogens is 527 g/mol. The molecule has 2 rings (SSSR count). The van der Waals surface area contributed by atoms with Gasteiger partial charge in [-0.25, -0.2) is 4.39 Å². The van der Waals surface area contributed by atoms with Crippen molar-refractivity contribution in [2.75, 3.05) is 12.3 Å². The van der Waals surface area contributed by atoms with Gasteiger partial charge in [-0.1, -0.05) is 0 Å². The molecule has 0 unspecified atom stereocenters. The van der Waals surface area contributed by atoms with Crippen LogP contribution in [-0.4, -0.2) is 70.1 Å². The van der Waals surface area contributed by atoms with E-state index in [0.717, 1.165) is 17.8 Å². The second kappa shape index (κ2) is 14.2. The second-order valence-electron chi connectivity index (χ2n) is 8.47. The Hall–Kier alpha value is -3.79. The van der Waals surface area contributed by atoms with Gasteiger partial charge in [0, 0.05) is 18.2 Å². The van der Waals surface area contributed by atoms with Crippen LogP contribution in [-0.2, 0) is 19.2 Å². The number of nitrogens with one attached hydrogen (secondary N) is 3. The van der Waals surface area contributed by atoms with Gasteiger partial charge >= 0.3 is 5.97 Å². The summed E-state index contributed by atoms with van der Waals surface area (Å²) < 4.78 is 14.9. The smallest absolute Gasteiger partial charge is 0.303 e. The van der Waals surface area contributed by atoms with Gasteiger partial charge in [-0.3, -0.25) is 34.1 Å². The summed E-state index contributed by atoms with van der Waals surface area (Å²) in [5.74, 6) is -5.98. The van der Waals surface area contributed by atoms with Crippen molar-refractivity contribution in [3.05, 3.63) is 33.6 Å². The minimum atomic E-state index is -1.49. The fourth-order valence-electron chi connectivity index (χ4n) is 3.64. The Bertz CT molecular complexity index is 1100. The number of thioether (sulfide) groups is 1. The highest BCUT2D eigenvalue weighted by Crippen LogP contribution is 2.31. The predicted molar refractivity (Wildman–Crippen MR) is 132 cm³/mol. The van der Waals surface area contributed by atoms with Crippen LogP contribution in [0.15, 0.2) is 17.0 Å². The number of rotatable bonds is 9. The molecule has 0 spiro atoms. The van der Waals surface area contributed by atoms with Gasteiger partial charge in [-0.15, -0.1) is 11.8 Å². The lowest BCUT2D eigenvalue weighted by atomic mass is 10.0. The number of primary amides is 1. The Morgan fingerprint density at radius 1 is 1.11 bits per heavy atom. The monoisotopic (exact) mass is 556 g/mol. The van der Waals surface area contributed by atoms with Gasteiger partial charge in [-0.2, -0.15) is 0 Å². The van der Waals surface area contributed by atoms with Crippen LogP contribution in [0.5, 0.6) is 0 Å². The molecule has 14 nitrogen and oxygen atoms in total. The molecule has 1 aromatic rings. The van der Waals surface area contributed by atoms with Crippen LogP contribution < -0.4 is 27.4 Å². The first kappa shape index (κ1) is 30.4. The quantitative estimate of drug-likeness (QED) is 0.133. The zero-order valence-electron chi connectivity index (χ0n) is 20.2. The molecule has 0 fully saturated rings. The third-order valence-corrected chi connectivity index (χ3v) is 6.79. The number of nitrogens with two attached hydrogens (primary N) is 2. The number of aliphatic carboxylic acids is 1. The average Bonchev–Trinajstić information content (AvgIpc) is 2.84. The summed E-state index contributed by atoms with van der Waals surface area (Å²) in [6.45, 7) is 0.322. The van der Waals surface area contributed by atoms with Gasteiger partial charge < -0.3 is 32.5 Å². The summed E-state index contributed by atoms with van der Waals surface area (Å²) in [6, 6.07) is -2.40. The topological polar surface area (TPSA) is 237 Å². The van der Waals surface area contributed by atoms with E-state index in [1.165, 1.54) is 0 Å². The summed E-state index contributed by atoms with van der Waals surface area (Å²) in [7, 11) is 0. The van der Waals surface area contributed by atoms with Crippen molar-refractivity contribution >= 4 is 47.0 Å². The van der Waals surface area contributed by atoms with Gasteiger partial charge in [0.1, 0.15) is 23.9 Å². The molecule has 3 atom stereocenters. The lowest BCUT2D eigenvalue weighted by molar-refractivity contribution is -0.385. The number of nitro groups is 1. The highest BCUT2D eigenvalue weighted by Gasteiger charge is 2.31. The van der Waals surface area contributed by atoms with Crippen molar-refractivity contribution in [1.82, 2.24) is 16.0 Å². The van der Waals surface area contributed by atoms with Crippen molar-refractivity contribution in [3.8, 4) is 0 Å². The number of nitro benzene ring substituents is 1. The van der Waals surface area contributed by atoms with Crippen LogP contribution in [0.4, 0.5) is 10.1 Å². The number of hydrogen-bond donors (Lipinski definition) is 6. The van der Waals surface area contributed by atoms with Crippen LogP contribution in [0.2, 0.25) is 0 Å². The molecule has 0 saturated carbocycles. The molecule has 1 aliphatic rings. The summed E-state index contributed by atoms with van der Waals surface area (Å²) in [6.07, 6.45) is 0.0535. The fourth-order valence-corrected chi connectivity index (χ4v) is 4.70. The zero-order chi connectivity index (χ0) is 28.4. The third-order valence-electron chi connectivity index (χ3n) is 5.65. The number of benzene rings is 1. The molecule has 38 heavy (non-hydrogen) atoms. The molecule has 0 bridgehead atoms. The first-order valence-corrected chi connectivity index (χ1v) is 12.7. The lowest BCUT2D eigenvalue weighted by Crippen LogP contribution is -2.56. The number of non-ortho nitro benzene ring substituents is 1. The van der Waals surface area contributed by atoms with E-state index in [4.69, 9.17) is 16.6 Å². The SMILES string of the molecule is NCCCC[C@@H]1NC(=O)[C@H](CCC(=O)O)NC(=O)c2cc([N+](=O)[O-])cc(F)c2SCC[C@@H](C(N)=O)NC1=O. The molecule has 0 radical (unpaired) electrons. The fraction of sp³-hybridized carbons (Fsp3) is 0.500. The minimum absolute atomic E-state index is 0.0183. The molecule has 4 amide bonds. The zero-order valence-corrected chi connectivity index (χ0v) is 21.1. The first-order valence-electron chi connectivity index (χ1n) is 11.7. The number of unbranched alkanes of at least 4 members (excludes halogenated alkanes) is 1. The van der Waals surface area contributed by atoms with Crippen molar-refractivity contribution in [3.63, 3.8) is 0 Å². The minimum Gasteiger partial charge on any atom is -0.481 e. The van der Waals surface area contributed by atoms with Crippen molar-refractivity contribution in [2.45, 2.75) is 61.5 Å². The molecule has 208 valence electrons. The van der Waals surface area contributed by atoms with Crippen LogP contribution in [0, 0.1) is 15.9 Å². The van der Waals surface area contributed by atoms with Gasteiger partial charge in [0.15, 0.2) is 0 Å². The number of halogens is 1. The highest BCUT2D eigenvalue weighted by atomic mass is 32.2. The third kappa shape index (κ3) is 8.65. The van der Waals surface area contributed by atoms with E-state index in [1.54, 1.807) is 0 Å². The normalized spacial score (nSPS) is 20.8. The largest absolute Gasteiger partial charge is 0.481 e.